The summed E-state index contributed by atoms with van der Waals surface area (Å²) in [6.07, 6.45) is 6.86. The molecule has 4 rings (SSSR count). The van der Waals surface area contributed by atoms with Gasteiger partial charge in [-0.15, -0.1) is 0 Å². The monoisotopic (exact) mass is 464 g/mol. The Labute approximate surface area is 202 Å². The van der Waals surface area contributed by atoms with Gasteiger partial charge in [-0.25, -0.2) is 4.79 Å². The van der Waals surface area contributed by atoms with Gasteiger partial charge in [0.05, 0.1) is 6.54 Å². The molecule has 34 heavy (non-hydrogen) atoms. The quantitative estimate of drug-likeness (QED) is 0.684. The molecule has 1 aliphatic heterocycles. The van der Waals surface area contributed by atoms with Crippen LogP contribution < -0.4 is 10.6 Å². The maximum atomic E-state index is 13.0. The Hall–Kier alpha value is -2.93. The number of carbonyl (C=O) groups is 2. The number of nitrogens with one attached hydrogen (secondary N) is 2. The number of ether oxygens (including phenoxy) is 1. The van der Waals surface area contributed by atoms with Gasteiger partial charge in [0.2, 0.25) is 5.91 Å². The van der Waals surface area contributed by atoms with Crippen molar-refractivity contribution in [2.75, 3.05) is 19.6 Å². The molecule has 2 heterocycles. The van der Waals surface area contributed by atoms with Crippen LogP contribution in [0.1, 0.15) is 56.2 Å². The molecule has 182 valence electrons. The van der Waals surface area contributed by atoms with Crippen molar-refractivity contribution in [2.45, 2.75) is 70.1 Å². The van der Waals surface area contributed by atoms with Crippen LogP contribution in [-0.2, 0) is 22.4 Å². The van der Waals surface area contributed by atoms with E-state index in [2.05, 4.69) is 50.8 Å². The molecular formula is C27H36N4O3. The Morgan fingerprint density at radius 3 is 2.71 bits per heavy atom. The Morgan fingerprint density at radius 2 is 1.94 bits per heavy atom. The van der Waals surface area contributed by atoms with E-state index in [0.717, 1.165) is 32.2 Å². The summed E-state index contributed by atoms with van der Waals surface area (Å²) >= 11 is 0. The van der Waals surface area contributed by atoms with E-state index in [9.17, 15) is 9.59 Å². The van der Waals surface area contributed by atoms with E-state index >= 15 is 0 Å². The summed E-state index contributed by atoms with van der Waals surface area (Å²) in [7, 11) is 0. The minimum Gasteiger partial charge on any atom is -0.444 e. The third-order valence-electron chi connectivity index (χ3n) is 6.55. The second-order valence-electron chi connectivity index (χ2n) is 10.5. The molecule has 1 fully saturated rings. The van der Waals surface area contributed by atoms with Crippen molar-refractivity contribution in [3.05, 3.63) is 65.5 Å². The van der Waals surface area contributed by atoms with E-state index < -0.39 is 11.7 Å². The molecule has 2 aromatic rings. The molecule has 0 spiro atoms. The van der Waals surface area contributed by atoms with Crippen molar-refractivity contribution in [2.24, 2.45) is 0 Å². The van der Waals surface area contributed by atoms with Gasteiger partial charge in [-0.3, -0.25) is 14.7 Å². The topological polar surface area (TPSA) is 83.6 Å². The van der Waals surface area contributed by atoms with Gasteiger partial charge in [0.1, 0.15) is 5.60 Å². The molecule has 2 aliphatic rings. The zero-order valence-corrected chi connectivity index (χ0v) is 20.4. The lowest BCUT2D eigenvalue weighted by molar-refractivity contribution is -0.123. The molecule has 3 atom stereocenters. The number of hydrogen-bond donors (Lipinski definition) is 2. The fraction of sp³-hybridized carbons (Fsp3) is 0.519. The average molecular weight is 465 g/mol. The van der Waals surface area contributed by atoms with E-state index in [-0.39, 0.29) is 23.9 Å². The van der Waals surface area contributed by atoms with Crippen LogP contribution in [0.4, 0.5) is 4.79 Å². The van der Waals surface area contributed by atoms with Gasteiger partial charge in [-0.1, -0.05) is 30.3 Å². The standard InChI is InChI=1S/C27H36N4O3/c1-27(2,3)34-26(33)29-21-12-14-31(17-21)18-25(32)30-24-11-10-20-8-4-5-9-22(20)23(24)15-19-7-6-13-28-16-19/h4-9,13,16,21,23-24H,10-12,14-15,17-18H2,1-3H3,(H,29,33)(H,30,32). The number of pyridine rings is 1. The van der Waals surface area contributed by atoms with Crippen LogP contribution in [0.2, 0.25) is 0 Å². The largest absolute Gasteiger partial charge is 0.444 e. The molecule has 7 heteroatoms. The van der Waals surface area contributed by atoms with Crippen molar-refractivity contribution < 1.29 is 14.3 Å². The Balaban J connectivity index is 1.34. The second kappa shape index (κ2) is 10.6. The van der Waals surface area contributed by atoms with Crippen LogP contribution >= 0.6 is 0 Å². The van der Waals surface area contributed by atoms with Crippen molar-refractivity contribution in [1.29, 1.82) is 0 Å². The minimum atomic E-state index is -0.521. The van der Waals surface area contributed by atoms with E-state index in [1.165, 1.54) is 16.7 Å². The maximum Gasteiger partial charge on any atom is 0.407 e. The number of fused-ring (bicyclic) bond motifs is 1. The summed E-state index contributed by atoms with van der Waals surface area (Å²) in [6, 6.07) is 12.7. The zero-order chi connectivity index (χ0) is 24.1. The second-order valence-corrected chi connectivity index (χ2v) is 10.5. The number of rotatable bonds is 6. The first kappa shape index (κ1) is 24.2. The lowest BCUT2D eigenvalue weighted by atomic mass is 9.76. The smallest absolute Gasteiger partial charge is 0.407 e. The molecule has 1 aromatic heterocycles. The fourth-order valence-electron chi connectivity index (χ4n) is 5.07. The summed E-state index contributed by atoms with van der Waals surface area (Å²) in [5, 5.41) is 6.26. The molecule has 0 radical (unpaired) electrons. The molecule has 1 aliphatic carbocycles. The van der Waals surface area contributed by atoms with Crippen molar-refractivity contribution in [3.63, 3.8) is 0 Å². The van der Waals surface area contributed by atoms with Gasteiger partial charge < -0.3 is 15.4 Å². The van der Waals surface area contributed by atoms with Crippen molar-refractivity contribution in [1.82, 2.24) is 20.5 Å². The van der Waals surface area contributed by atoms with Crippen LogP contribution in [0.15, 0.2) is 48.8 Å². The number of aryl methyl sites for hydroxylation is 1. The van der Waals surface area contributed by atoms with Crippen LogP contribution in [0.5, 0.6) is 0 Å². The van der Waals surface area contributed by atoms with E-state index in [1.807, 2.05) is 33.0 Å². The summed E-state index contributed by atoms with van der Waals surface area (Å²) in [4.78, 5) is 31.5. The molecule has 2 N–H and O–H groups in total. The van der Waals surface area contributed by atoms with Gasteiger partial charge in [-0.2, -0.15) is 0 Å². The normalized spacial score (nSPS) is 22.6. The van der Waals surface area contributed by atoms with Crippen LogP contribution in [0, 0.1) is 0 Å². The molecule has 1 saturated heterocycles. The average Bonchev–Trinajstić information content (AvgIpc) is 3.21. The number of amides is 2. The van der Waals surface area contributed by atoms with Crippen molar-refractivity contribution >= 4 is 12.0 Å². The molecule has 1 aromatic carbocycles. The number of aromatic nitrogens is 1. The van der Waals surface area contributed by atoms with Gasteiger partial charge in [0.15, 0.2) is 0 Å². The first-order valence-corrected chi connectivity index (χ1v) is 12.2. The predicted octanol–water partition coefficient (Wildman–Crippen LogP) is 3.44. The highest BCUT2D eigenvalue weighted by molar-refractivity contribution is 5.78. The number of benzene rings is 1. The zero-order valence-electron chi connectivity index (χ0n) is 20.4. The number of nitrogens with zero attached hydrogens (tertiary/aromatic N) is 2. The highest BCUT2D eigenvalue weighted by Crippen LogP contribution is 2.34. The van der Waals surface area contributed by atoms with Crippen molar-refractivity contribution in [3.8, 4) is 0 Å². The fourth-order valence-corrected chi connectivity index (χ4v) is 5.07. The summed E-state index contributed by atoms with van der Waals surface area (Å²) in [5.74, 6) is 0.261. The summed E-state index contributed by atoms with van der Waals surface area (Å²) in [6.45, 7) is 7.32. The maximum absolute atomic E-state index is 13.0. The number of alkyl carbamates (subject to hydrolysis) is 1. The molecular weight excluding hydrogens is 428 g/mol. The van der Waals surface area contributed by atoms with E-state index in [1.54, 1.807) is 6.20 Å². The van der Waals surface area contributed by atoms with Gasteiger partial charge in [0, 0.05) is 43.5 Å². The minimum absolute atomic E-state index is 0.00235. The summed E-state index contributed by atoms with van der Waals surface area (Å²) in [5.41, 5.74) is 3.36. The number of likely N-dealkylation sites (tertiary alicyclic amines) is 1. The Kier molecular flexibility index (Phi) is 7.51. The van der Waals surface area contributed by atoms with Crippen LogP contribution in [-0.4, -0.2) is 59.2 Å². The molecule has 0 bridgehead atoms. The third kappa shape index (κ3) is 6.56. The van der Waals surface area contributed by atoms with Crippen LogP contribution in [0.25, 0.3) is 0 Å². The Morgan fingerprint density at radius 1 is 1.12 bits per heavy atom. The Bertz CT molecular complexity index is 989. The summed E-state index contributed by atoms with van der Waals surface area (Å²) < 4.78 is 5.35. The van der Waals surface area contributed by atoms with E-state index in [0.29, 0.717) is 13.1 Å². The van der Waals surface area contributed by atoms with Gasteiger partial charge in [-0.05, 0) is 69.2 Å². The van der Waals surface area contributed by atoms with Crippen LogP contribution in [0.3, 0.4) is 0 Å². The SMILES string of the molecule is CC(C)(C)OC(=O)NC1CCN(CC(=O)NC2CCc3ccccc3C2Cc2cccnc2)C1. The lowest BCUT2D eigenvalue weighted by Crippen LogP contribution is -2.47. The highest BCUT2D eigenvalue weighted by atomic mass is 16.6. The molecule has 3 unspecified atom stereocenters. The first-order valence-electron chi connectivity index (χ1n) is 12.2. The number of hydrogen-bond acceptors (Lipinski definition) is 5. The van der Waals surface area contributed by atoms with Gasteiger partial charge in [0.25, 0.3) is 0 Å². The first-order chi connectivity index (χ1) is 16.3. The van der Waals surface area contributed by atoms with E-state index in [4.69, 9.17) is 4.74 Å². The highest BCUT2D eigenvalue weighted by Gasteiger charge is 2.32. The molecule has 0 saturated carbocycles. The molecule has 7 nitrogen and oxygen atoms in total. The molecule has 2 amide bonds. The third-order valence-corrected chi connectivity index (χ3v) is 6.55. The predicted molar refractivity (Wildman–Crippen MR) is 132 cm³/mol. The number of carbonyl (C=O) groups excluding carboxylic acids is 2. The lowest BCUT2D eigenvalue weighted by Gasteiger charge is -2.35. The van der Waals surface area contributed by atoms with Gasteiger partial charge >= 0.3 is 6.09 Å².